The molecule has 0 fully saturated rings. The van der Waals surface area contributed by atoms with Gasteiger partial charge in [0.05, 0.1) is 0 Å². The summed E-state index contributed by atoms with van der Waals surface area (Å²) < 4.78 is 55.0. The topological polar surface area (TPSA) is 43.4 Å². The Morgan fingerprint density at radius 2 is 1.67 bits per heavy atom. The zero-order valence-corrected chi connectivity index (χ0v) is 5.33. The number of hydrogen-bond acceptors (Lipinski definition) is 3. The summed E-state index contributed by atoms with van der Waals surface area (Å²) in [5, 5.41) is 0. The van der Waals surface area contributed by atoms with E-state index in [9.17, 15) is 21.6 Å². The van der Waals surface area contributed by atoms with Gasteiger partial charge in [-0.05, 0) is 0 Å². The number of hydrogen-bond donors (Lipinski definition) is 0. The summed E-state index contributed by atoms with van der Waals surface area (Å²) >= 11 is 3.37. The van der Waals surface area contributed by atoms with Gasteiger partial charge in [-0.25, -0.2) is 0 Å². The van der Waals surface area contributed by atoms with Gasteiger partial charge in [-0.1, -0.05) is 0 Å². The first-order valence-corrected chi connectivity index (χ1v) is 3.19. The summed E-state index contributed by atoms with van der Waals surface area (Å²) in [7, 11) is -5.53. The van der Waals surface area contributed by atoms with Crippen molar-refractivity contribution >= 4 is 10.1 Å². The third-order valence-electron chi connectivity index (χ3n) is 0.350. The van der Waals surface area contributed by atoms with Crippen molar-refractivity contribution in [1.29, 1.82) is 0 Å². The molecule has 0 aromatic carbocycles. The Labute approximate surface area is 57.4 Å². The predicted molar refractivity (Wildman–Crippen MR) is 16.1 cm³/mol. The molecule has 0 amide bonds. The van der Waals surface area contributed by atoms with Gasteiger partial charge in [0.25, 0.3) is 0 Å². The van der Waals surface area contributed by atoms with E-state index < -0.39 is 15.6 Å². The molecule has 0 aliphatic rings. The maximum atomic E-state index is 11.1. The van der Waals surface area contributed by atoms with Gasteiger partial charge in [-0.15, -0.1) is 0 Å². The van der Waals surface area contributed by atoms with Crippen LogP contribution in [0.15, 0.2) is 0 Å². The fourth-order valence-electron chi connectivity index (χ4n) is 0.0285. The quantitative estimate of drug-likeness (QED) is 0.464. The summed E-state index contributed by atoms with van der Waals surface area (Å²) in [6, 6.07) is 0. The maximum absolute atomic E-state index is 11.1. The van der Waals surface area contributed by atoms with Crippen molar-refractivity contribution in [3.8, 4) is 0 Å². The van der Waals surface area contributed by atoms with Crippen LogP contribution in [-0.4, -0.2) is 13.9 Å². The molecule has 8 heteroatoms. The van der Waals surface area contributed by atoms with Gasteiger partial charge in [0, 0.05) is 0 Å². The van der Waals surface area contributed by atoms with Crippen molar-refractivity contribution < 1.29 is 41.2 Å². The molecule has 0 aliphatic carbocycles. The first-order valence-electron chi connectivity index (χ1n) is 1.39. The standard InChI is InChI=1S/CHF3O3S.Cu/c2-1(3,4)8(5,6)7;/h(H,5,6,7);/q;+1/p-1. The average Bonchev–Trinajstić information content (AvgIpc) is 1.64. The molecule has 0 rings (SSSR count). The van der Waals surface area contributed by atoms with Crippen molar-refractivity contribution in [2.24, 2.45) is 0 Å². The predicted octanol–water partition coefficient (Wildman–Crippen LogP) is 0.314. The fraction of sp³-hybridized carbons (Fsp3) is 1.00. The Hall–Kier alpha value is 0.219. The second-order valence-corrected chi connectivity index (χ2v) is 2.89. The second kappa shape index (κ2) is 2.45. The van der Waals surface area contributed by atoms with Crippen LogP contribution in [0.2, 0.25) is 0 Å². The van der Waals surface area contributed by atoms with E-state index in [1.165, 1.54) is 0 Å². The van der Waals surface area contributed by atoms with Crippen LogP contribution >= 0.6 is 0 Å². The third kappa shape index (κ3) is 2.13. The minimum absolute atomic E-state index is 2.71. The zero-order valence-electron chi connectivity index (χ0n) is 3.57. The monoisotopic (exact) mass is 212 g/mol. The normalized spacial score (nSPS) is 13.9. The number of halogens is 3. The van der Waals surface area contributed by atoms with E-state index in [1.807, 2.05) is 0 Å². The van der Waals surface area contributed by atoms with Gasteiger partial charge in [-0.3, -0.25) is 0 Å². The van der Waals surface area contributed by atoms with E-state index in [-0.39, 0.29) is 0 Å². The molecule has 0 aromatic heterocycles. The van der Waals surface area contributed by atoms with Gasteiger partial charge in [0.15, 0.2) is 0 Å². The number of rotatable bonds is 1. The Kier molecular flexibility index (Phi) is 2.51. The molecule has 0 saturated carbocycles. The van der Waals surface area contributed by atoms with Crippen LogP contribution < -0.4 is 0 Å². The summed E-state index contributed by atoms with van der Waals surface area (Å²) in [6.07, 6.45) is 0. The van der Waals surface area contributed by atoms with Crippen molar-refractivity contribution in [1.82, 2.24) is 0 Å². The zero-order chi connectivity index (χ0) is 7.71. The van der Waals surface area contributed by atoms with Crippen molar-refractivity contribution in [2.45, 2.75) is 5.51 Å². The van der Waals surface area contributed by atoms with Crippen LogP contribution in [0.25, 0.3) is 0 Å². The number of alkyl halides is 3. The van der Waals surface area contributed by atoms with Crippen LogP contribution in [0.5, 0.6) is 0 Å². The molecule has 0 heterocycles. The molecule has 0 aromatic rings. The summed E-state index contributed by atoms with van der Waals surface area (Å²) in [4.78, 5) is 0. The van der Waals surface area contributed by atoms with Crippen LogP contribution in [0.1, 0.15) is 0 Å². The Morgan fingerprint density at radius 3 is 1.67 bits per heavy atom. The van der Waals surface area contributed by atoms with Gasteiger partial charge in [-0.2, -0.15) is 0 Å². The van der Waals surface area contributed by atoms with Crippen molar-refractivity contribution in [3.05, 3.63) is 0 Å². The van der Waals surface area contributed by atoms with Gasteiger partial charge >= 0.3 is 56.8 Å². The van der Waals surface area contributed by atoms with E-state index in [0.29, 0.717) is 0 Å². The van der Waals surface area contributed by atoms with Crippen molar-refractivity contribution in [2.75, 3.05) is 0 Å². The second-order valence-electron chi connectivity index (χ2n) is 0.950. The molecule has 60 valence electrons. The van der Waals surface area contributed by atoms with E-state index >= 15 is 0 Å². The van der Waals surface area contributed by atoms with Gasteiger partial charge in [0.1, 0.15) is 0 Å². The van der Waals surface area contributed by atoms with E-state index in [2.05, 4.69) is 19.6 Å². The molecule has 3 nitrogen and oxygen atoms in total. The average molecular weight is 213 g/mol. The van der Waals surface area contributed by atoms with E-state index in [1.54, 1.807) is 0 Å². The molecule has 0 bridgehead atoms. The third-order valence-corrected chi connectivity index (χ3v) is 1.67. The molecule has 0 radical (unpaired) electrons. The Bertz CT molecular complexity index is 180. The molecule has 0 spiro atoms. The molecule has 0 unspecified atom stereocenters. The molecule has 0 atom stereocenters. The molecule has 0 aliphatic heterocycles. The summed E-state index contributed by atoms with van der Waals surface area (Å²) in [6.45, 7) is 0. The molecular weight excluding hydrogens is 213 g/mol. The van der Waals surface area contributed by atoms with Crippen LogP contribution in [-0.2, 0) is 29.7 Å². The van der Waals surface area contributed by atoms with E-state index in [0.717, 1.165) is 0 Å². The minimum atomic E-state index is -5.53. The SMILES string of the molecule is O=S(=O)([O][Cu])C(F)(F)F. The van der Waals surface area contributed by atoms with Crippen LogP contribution in [0.4, 0.5) is 13.2 Å². The molecule has 9 heavy (non-hydrogen) atoms. The summed E-state index contributed by atoms with van der Waals surface area (Å²) in [5.74, 6) is 0. The van der Waals surface area contributed by atoms with E-state index in [4.69, 9.17) is 0 Å². The Balaban J connectivity index is 4.57. The molecule has 0 saturated heterocycles. The fourth-order valence-corrected chi connectivity index (χ4v) is 0.352. The first-order chi connectivity index (χ1) is 3.81. The van der Waals surface area contributed by atoms with Gasteiger partial charge in [0.2, 0.25) is 0 Å². The molecular formula is CCuF3O3S. The van der Waals surface area contributed by atoms with Crippen LogP contribution in [0.3, 0.4) is 0 Å². The first kappa shape index (κ1) is 9.22. The van der Waals surface area contributed by atoms with Gasteiger partial charge < -0.3 is 0 Å². The summed E-state index contributed by atoms with van der Waals surface area (Å²) in [5.41, 5.74) is -5.41. The van der Waals surface area contributed by atoms with Crippen molar-refractivity contribution in [3.63, 3.8) is 0 Å². The molecule has 0 N–H and O–H groups in total. The van der Waals surface area contributed by atoms with Crippen LogP contribution in [0, 0.1) is 0 Å². The Morgan fingerprint density at radius 1 is 1.33 bits per heavy atom.